The number of benzene rings is 2. The third-order valence-corrected chi connectivity index (χ3v) is 4.84. The van der Waals surface area contributed by atoms with Gasteiger partial charge in [0.05, 0.1) is 18.7 Å². The van der Waals surface area contributed by atoms with E-state index in [9.17, 15) is 19.1 Å². The van der Waals surface area contributed by atoms with Crippen LogP contribution in [0.4, 0.5) is 4.39 Å². The SMILES string of the molecule is CCCCN1C(=O)C(=O)C(=C(O)c2ccc(OC)cc2)[C@@H]1c1ccc(F)cc1. The molecule has 2 aromatic carbocycles. The van der Waals surface area contributed by atoms with E-state index in [4.69, 9.17) is 4.74 Å². The van der Waals surface area contributed by atoms with Crippen LogP contribution in [0, 0.1) is 5.82 Å². The number of methoxy groups -OCH3 is 1. The lowest BCUT2D eigenvalue weighted by Crippen LogP contribution is -2.30. The second kappa shape index (κ2) is 8.25. The van der Waals surface area contributed by atoms with Crippen molar-refractivity contribution < 1.29 is 23.8 Å². The number of hydrogen-bond donors (Lipinski definition) is 1. The van der Waals surface area contributed by atoms with Crippen LogP contribution in [-0.2, 0) is 9.59 Å². The quantitative estimate of drug-likeness (QED) is 0.464. The van der Waals surface area contributed by atoms with Gasteiger partial charge in [-0.3, -0.25) is 9.59 Å². The molecular weight excluding hydrogens is 361 g/mol. The highest BCUT2D eigenvalue weighted by molar-refractivity contribution is 6.46. The van der Waals surface area contributed by atoms with Gasteiger partial charge in [-0.2, -0.15) is 0 Å². The van der Waals surface area contributed by atoms with Gasteiger partial charge in [-0.1, -0.05) is 25.5 Å². The molecular formula is C22H22FNO4. The van der Waals surface area contributed by atoms with Crippen molar-refractivity contribution in [2.45, 2.75) is 25.8 Å². The predicted molar refractivity (Wildman–Crippen MR) is 103 cm³/mol. The molecule has 5 nitrogen and oxygen atoms in total. The fourth-order valence-corrected chi connectivity index (χ4v) is 3.34. The molecule has 0 unspecified atom stereocenters. The molecule has 0 radical (unpaired) electrons. The van der Waals surface area contributed by atoms with Crippen LogP contribution in [-0.4, -0.2) is 35.4 Å². The standard InChI is InChI=1S/C22H22FNO4/c1-3-4-13-24-19(14-5-9-16(23)10-6-14)18(21(26)22(24)27)20(25)15-7-11-17(28-2)12-8-15/h5-12,19,25H,3-4,13H2,1-2H3/t19-/m0/s1. The van der Waals surface area contributed by atoms with Gasteiger partial charge in [0.2, 0.25) is 0 Å². The Morgan fingerprint density at radius 2 is 1.75 bits per heavy atom. The zero-order valence-electron chi connectivity index (χ0n) is 15.8. The molecule has 6 heteroatoms. The number of nitrogens with zero attached hydrogens (tertiary/aromatic N) is 1. The second-order valence-electron chi connectivity index (χ2n) is 6.63. The number of aliphatic hydroxyl groups is 1. The van der Waals surface area contributed by atoms with Crippen LogP contribution in [0.1, 0.15) is 36.9 Å². The molecule has 1 fully saturated rings. The van der Waals surface area contributed by atoms with Crippen molar-refractivity contribution >= 4 is 17.4 Å². The molecule has 3 rings (SSSR count). The highest BCUT2D eigenvalue weighted by Crippen LogP contribution is 2.39. The Hall–Kier alpha value is -3.15. The summed E-state index contributed by atoms with van der Waals surface area (Å²) in [6, 6.07) is 11.4. The summed E-state index contributed by atoms with van der Waals surface area (Å²) in [5, 5.41) is 10.9. The van der Waals surface area contributed by atoms with Crippen molar-refractivity contribution in [3.8, 4) is 5.75 Å². The Kier molecular flexibility index (Phi) is 5.78. The molecule has 1 N–H and O–H groups in total. The van der Waals surface area contributed by atoms with Crippen molar-refractivity contribution in [1.82, 2.24) is 4.90 Å². The molecule has 1 heterocycles. The molecule has 2 aromatic rings. The summed E-state index contributed by atoms with van der Waals surface area (Å²) in [4.78, 5) is 26.9. The number of hydrogen-bond acceptors (Lipinski definition) is 4. The number of amides is 1. The monoisotopic (exact) mass is 383 g/mol. The van der Waals surface area contributed by atoms with Crippen LogP contribution in [0.3, 0.4) is 0 Å². The van der Waals surface area contributed by atoms with Crippen molar-refractivity contribution in [3.05, 3.63) is 71.0 Å². The first-order valence-corrected chi connectivity index (χ1v) is 9.16. The van der Waals surface area contributed by atoms with Gasteiger partial charge in [-0.15, -0.1) is 0 Å². The minimum absolute atomic E-state index is 0.0119. The summed E-state index contributed by atoms with van der Waals surface area (Å²) in [7, 11) is 1.53. The number of rotatable bonds is 6. The van der Waals surface area contributed by atoms with Crippen LogP contribution in [0.15, 0.2) is 54.1 Å². The number of carbonyl (C=O) groups is 2. The average Bonchev–Trinajstić information content (AvgIpc) is 2.97. The molecule has 0 bridgehead atoms. The van der Waals surface area contributed by atoms with E-state index >= 15 is 0 Å². The number of halogens is 1. The van der Waals surface area contributed by atoms with Crippen LogP contribution in [0.5, 0.6) is 5.75 Å². The number of likely N-dealkylation sites (tertiary alicyclic amines) is 1. The van der Waals surface area contributed by atoms with Gasteiger partial charge in [-0.25, -0.2) is 4.39 Å². The number of Topliss-reactive ketones (excluding diaryl/α,β-unsaturated/α-hetero) is 1. The van der Waals surface area contributed by atoms with Crippen LogP contribution >= 0.6 is 0 Å². The van der Waals surface area contributed by atoms with E-state index in [-0.39, 0.29) is 11.3 Å². The largest absolute Gasteiger partial charge is 0.507 e. The highest BCUT2D eigenvalue weighted by Gasteiger charge is 2.45. The molecule has 0 aromatic heterocycles. The first-order valence-electron chi connectivity index (χ1n) is 9.16. The van der Waals surface area contributed by atoms with Crippen LogP contribution < -0.4 is 4.74 Å². The minimum atomic E-state index is -0.755. The molecule has 146 valence electrons. The summed E-state index contributed by atoms with van der Waals surface area (Å²) in [6.45, 7) is 2.36. The van der Waals surface area contributed by atoms with Gasteiger partial charge in [0, 0.05) is 12.1 Å². The van der Waals surface area contributed by atoms with Crippen molar-refractivity contribution in [1.29, 1.82) is 0 Å². The summed E-state index contributed by atoms with van der Waals surface area (Å²) >= 11 is 0. The number of unbranched alkanes of at least 4 members (excludes halogenated alkanes) is 1. The van der Waals surface area contributed by atoms with Gasteiger partial charge < -0.3 is 14.7 Å². The number of aliphatic hydroxyl groups excluding tert-OH is 1. The maximum absolute atomic E-state index is 13.4. The molecule has 0 saturated carbocycles. The summed E-state index contributed by atoms with van der Waals surface area (Å²) in [5.74, 6) is -1.45. The maximum atomic E-state index is 13.4. The first-order chi connectivity index (χ1) is 13.5. The minimum Gasteiger partial charge on any atom is -0.507 e. The summed E-state index contributed by atoms with van der Waals surface area (Å²) in [5.41, 5.74) is 0.992. The Morgan fingerprint density at radius 1 is 1.11 bits per heavy atom. The first kappa shape index (κ1) is 19.6. The van der Waals surface area contributed by atoms with Gasteiger partial charge in [-0.05, 0) is 48.4 Å². The van der Waals surface area contributed by atoms with Crippen molar-refractivity contribution in [3.63, 3.8) is 0 Å². The Balaban J connectivity index is 2.12. The van der Waals surface area contributed by atoms with E-state index < -0.39 is 23.5 Å². The summed E-state index contributed by atoms with van der Waals surface area (Å²) in [6.07, 6.45) is 1.56. The van der Waals surface area contributed by atoms with Gasteiger partial charge in [0.1, 0.15) is 17.3 Å². The molecule has 1 aliphatic rings. The lowest BCUT2D eigenvalue weighted by atomic mass is 9.95. The normalized spacial score (nSPS) is 18.5. The smallest absolute Gasteiger partial charge is 0.295 e. The van der Waals surface area contributed by atoms with Gasteiger partial charge >= 0.3 is 0 Å². The van der Waals surface area contributed by atoms with Crippen molar-refractivity contribution in [2.75, 3.05) is 13.7 Å². The third kappa shape index (κ3) is 3.63. The molecule has 0 spiro atoms. The molecule has 28 heavy (non-hydrogen) atoms. The van der Waals surface area contributed by atoms with Gasteiger partial charge in [0.25, 0.3) is 11.7 Å². The van der Waals surface area contributed by atoms with Crippen LogP contribution in [0.2, 0.25) is 0 Å². The third-order valence-electron chi connectivity index (χ3n) is 4.84. The van der Waals surface area contributed by atoms with E-state index in [0.717, 1.165) is 6.42 Å². The molecule has 1 aliphatic heterocycles. The van der Waals surface area contributed by atoms with Crippen molar-refractivity contribution in [2.24, 2.45) is 0 Å². The Bertz CT molecular complexity index is 903. The van der Waals surface area contributed by atoms with E-state index in [1.165, 1.54) is 36.3 Å². The fourth-order valence-electron chi connectivity index (χ4n) is 3.34. The number of carbonyl (C=O) groups excluding carboxylic acids is 2. The van der Waals surface area contributed by atoms with Gasteiger partial charge in [0.15, 0.2) is 0 Å². The number of ketones is 1. The zero-order valence-corrected chi connectivity index (χ0v) is 15.8. The summed E-state index contributed by atoms with van der Waals surface area (Å²) < 4.78 is 18.5. The van der Waals surface area contributed by atoms with E-state index in [0.29, 0.717) is 29.8 Å². The molecule has 1 atom stereocenters. The fraction of sp³-hybridized carbons (Fsp3) is 0.273. The lowest BCUT2D eigenvalue weighted by molar-refractivity contribution is -0.139. The van der Waals surface area contributed by atoms with E-state index in [1.807, 2.05) is 6.92 Å². The Morgan fingerprint density at radius 3 is 2.32 bits per heavy atom. The highest BCUT2D eigenvalue weighted by atomic mass is 19.1. The van der Waals surface area contributed by atoms with E-state index in [2.05, 4.69) is 0 Å². The maximum Gasteiger partial charge on any atom is 0.295 e. The van der Waals surface area contributed by atoms with Crippen LogP contribution in [0.25, 0.3) is 5.76 Å². The molecule has 1 saturated heterocycles. The number of ether oxygens (including phenoxy) is 1. The topological polar surface area (TPSA) is 66.8 Å². The second-order valence-corrected chi connectivity index (χ2v) is 6.63. The lowest BCUT2D eigenvalue weighted by Gasteiger charge is -2.25. The molecule has 1 amide bonds. The van der Waals surface area contributed by atoms with E-state index in [1.54, 1.807) is 24.3 Å². The zero-order chi connectivity index (χ0) is 20.3. The predicted octanol–water partition coefficient (Wildman–Crippen LogP) is 4.06. The average molecular weight is 383 g/mol. The molecule has 0 aliphatic carbocycles. The Labute approximate surface area is 163 Å².